The van der Waals surface area contributed by atoms with Crippen molar-refractivity contribution in [1.29, 1.82) is 0 Å². The van der Waals surface area contributed by atoms with Crippen LogP contribution in [0.4, 0.5) is 0 Å². The standard InChI is InChI=1S/C13H17ClO2/c1-8-4-5-9(2)11(6-8)16-12-7-10(14)13(12)15-3/h4-6,10,12-13H,7H2,1-3H3. The molecule has 3 heteroatoms. The molecule has 3 atom stereocenters. The zero-order valence-electron chi connectivity index (χ0n) is 9.87. The van der Waals surface area contributed by atoms with Crippen LogP contribution >= 0.6 is 11.6 Å². The molecule has 0 radical (unpaired) electrons. The third kappa shape index (κ3) is 2.18. The van der Waals surface area contributed by atoms with Gasteiger partial charge in [0, 0.05) is 13.5 Å². The Balaban J connectivity index is 2.07. The van der Waals surface area contributed by atoms with Crippen molar-refractivity contribution in [3.05, 3.63) is 29.3 Å². The molecule has 1 aliphatic carbocycles. The molecular formula is C13H17ClO2. The minimum Gasteiger partial charge on any atom is -0.487 e. The van der Waals surface area contributed by atoms with Crippen molar-refractivity contribution in [1.82, 2.24) is 0 Å². The Bertz CT molecular complexity index is 378. The number of hydrogen-bond donors (Lipinski definition) is 0. The first kappa shape index (κ1) is 11.7. The molecule has 2 nitrogen and oxygen atoms in total. The van der Waals surface area contributed by atoms with Gasteiger partial charge in [-0.25, -0.2) is 0 Å². The zero-order chi connectivity index (χ0) is 11.7. The molecule has 0 amide bonds. The van der Waals surface area contributed by atoms with Gasteiger partial charge in [-0.05, 0) is 31.0 Å². The third-order valence-electron chi connectivity index (χ3n) is 3.07. The fourth-order valence-electron chi connectivity index (χ4n) is 1.94. The summed E-state index contributed by atoms with van der Waals surface area (Å²) in [5.74, 6) is 0.940. The molecule has 1 fully saturated rings. The molecule has 0 spiro atoms. The van der Waals surface area contributed by atoms with Crippen LogP contribution in [0.15, 0.2) is 18.2 Å². The zero-order valence-corrected chi connectivity index (χ0v) is 10.6. The summed E-state index contributed by atoms with van der Waals surface area (Å²) in [5, 5.41) is 0.0834. The lowest BCUT2D eigenvalue weighted by Gasteiger charge is -2.40. The molecule has 0 aromatic heterocycles. The minimum atomic E-state index is 0.0154. The monoisotopic (exact) mass is 240 g/mol. The van der Waals surface area contributed by atoms with Gasteiger partial charge in [0.25, 0.3) is 0 Å². The molecule has 16 heavy (non-hydrogen) atoms. The Morgan fingerprint density at radius 3 is 2.69 bits per heavy atom. The maximum Gasteiger partial charge on any atom is 0.128 e. The molecule has 0 bridgehead atoms. The number of rotatable bonds is 3. The molecule has 1 aliphatic rings. The summed E-state index contributed by atoms with van der Waals surface area (Å²) in [7, 11) is 1.68. The Hall–Kier alpha value is -0.730. The number of alkyl halides is 1. The molecule has 0 saturated heterocycles. The van der Waals surface area contributed by atoms with Gasteiger partial charge < -0.3 is 9.47 Å². The summed E-state index contributed by atoms with van der Waals surface area (Å²) >= 11 is 6.04. The summed E-state index contributed by atoms with van der Waals surface area (Å²) < 4.78 is 11.2. The van der Waals surface area contributed by atoms with Gasteiger partial charge in [-0.15, -0.1) is 11.6 Å². The largest absolute Gasteiger partial charge is 0.487 e. The van der Waals surface area contributed by atoms with Gasteiger partial charge in [0.2, 0.25) is 0 Å². The topological polar surface area (TPSA) is 18.5 Å². The first-order chi connectivity index (χ1) is 7.61. The van der Waals surface area contributed by atoms with Gasteiger partial charge in [-0.1, -0.05) is 12.1 Å². The fraction of sp³-hybridized carbons (Fsp3) is 0.538. The van der Waals surface area contributed by atoms with Crippen LogP contribution in [0.3, 0.4) is 0 Å². The van der Waals surface area contributed by atoms with Crippen LogP contribution in [0.25, 0.3) is 0 Å². The molecule has 0 heterocycles. The van der Waals surface area contributed by atoms with Gasteiger partial charge in [0.15, 0.2) is 0 Å². The lowest BCUT2D eigenvalue weighted by Crippen LogP contribution is -2.52. The van der Waals surface area contributed by atoms with Crippen molar-refractivity contribution in [3.8, 4) is 5.75 Å². The van der Waals surface area contributed by atoms with E-state index in [1.54, 1.807) is 7.11 Å². The Labute approximate surface area is 102 Å². The van der Waals surface area contributed by atoms with Crippen LogP contribution in [-0.4, -0.2) is 24.7 Å². The van der Waals surface area contributed by atoms with Gasteiger partial charge >= 0.3 is 0 Å². The molecule has 3 unspecified atom stereocenters. The van der Waals surface area contributed by atoms with E-state index < -0.39 is 0 Å². The average molecular weight is 241 g/mol. The van der Waals surface area contributed by atoms with E-state index in [2.05, 4.69) is 25.1 Å². The highest BCUT2D eigenvalue weighted by Crippen LogP contribution is 2.33. The molecule has 0 N–H and O–H groups in total. The van der Waals surface area contributed by atoms with E-state index in [-0.39, 0.29) is 17.6 Å². The van der Waals surface area contributed by atoms with Crippen LogP contribution in [0.1, 0.15) is 17.5 Å². The molecule has 0 aliphatic heterocycles. The van der Waals surface area contributed by atoms with Gasteiger partial charge in [0.1, 0.15) is 18.0 Å². The predicted octanol–water partition coefficient (Wildman–Crippen LogP) is 3.08. The number of ether oxygens (including phenoxy) is 2. The molecular weight excluding hydrogens is 224 g/mol. The van der Waals surface area contributed by atoms with Crippen LogP contribution in [0.5, 0.6) is 5.75 Å². The van der Waals surface area contributed by atoms with Crippen molar-refractivity contribution in [2.75, 3.05) is 7.11 Å². The molecule has 2 rings (SSSR count). The van der Waals surface area contributed by atoms with E-state index >= 15 is 0 Å². The Morgan fingerprint density at radius 2 is 2.06 bits per heavy atom. The number of aryl methyl sites for hydroxylation is 2. The Kier molecular flexibility index (Phi) is 3.41. The summed E-state index contributed by atoms with van der Waals surface area (Å²) in [6.45, 7) is 4.11. The van der Waals surface area contributed by atoms with E-state index in [1.165, 1.54) is 5.56 Å². The van der Waals surface area contributed by atoms with E-state index in [4.69, 9.17) is 21.1 Å². The first-order valence-corrected chi connectivity index (χ1v) is 5.96. The van der Waals surface area contributed by atoms with Crippen LogP contribution in [0.2, 0.25) is 0 Å². The SMILES string of the molecule is COC1C(Cl)CC1Oc1cc(C)ccc1C. The molecule has 1 aromatic rings. The van der Waals surface area contributed by atoms with Gasteiger partial charge in [0.05, 0.1) is 5.38 Å². The second kappa shape index (κ2) is 4.64. The van der Waals surface area contributed by atoms with Crippen molar-refractivity contribution >= 4 is 11.6 Å². The number of benzene rings is 1. The lowest BCUT2D eigenvalue weighted by molar-refractivity contribution is -0.0586. The number of hydrogen-bond acceptors (Lipinski definition) is 2. The summed E-state index contributed by atoms with van der Waals surface area (Å²) in [6, 6.07) is 6.22. The predicted molar refractivity (Wildman–Crippen MR) is 65.4 cm³/mol. The van der Waals surface area contributed by atoms with Gasteiger partial charge in [-0.3, -0.25) is 0 Å². The summed E-state index contributed by atoms with van der Waals surface area (Å²) in [4.78, 5) is 0. The molecule has 1 aromatic carbocycles. The second-order valence-electron chi connectivity index (χ2n) is 4.38. The normalized spacial score (nSPS) is 28.6. The van der Waals surface area contributed by atoms with Crippen molar-refractivity contribution in [2.24, 2.45) is 0 Å². The van der Waals surface area contributed by atoms with Crippen molar-refractivity contribution in [3.63, 3.8) is 0 Å². The maximum atomic E-state index is 6.04. The quantitative estimate of drug-likeness (QED) is 0.756. The van der Waals surface area contributed by atoms with Crippen LogP contribution in [-0.2, 0) is 4.74 Å². The highest BCUT2D eigenvalue weighted by atomic mass is 35.5. The number of methoxy groups -OCH3 is 1. The second-order valence-corrected chi connectivity index (χ2v) is 4.94. The minimum absolute atomic E-state index is 0.0154. The van der Waals surface area contributed by atoms with Crippen molar-refractivity contribution in [2.45, 2.75) is 37.9 Å². The fourth-order valence-corrected chi connectivity index (χ4v) is 2.38. The first-order valence-electron chi connectivity index (χ1n) is 5.52. The smallest absolute Gasteiger partial charge is 0.128 e. The summed E-state index contributed by atoms with van der Waals surface area (Å²) in [5.41, 5.74) is 2.36. The maximum absolute atomic E-state index is 6.04. The van der Waals surface area contributed by atoms with E-state index in [0.717, 1.165) is 17.7 Å². The molecule has 1 saturated carbocycles. The number of halogens is 1. The van der Waals surface area contributed by atoms with Crippen LogP contribution < -0.4 is 4.74 Å². The van der Waals surface area contributed by atoms with E-state index in [9.17, 15) is 0 Å². The Morgan fingerprint density at radius 1 is 1.31 bits per heavy atom. The average Bonchev–Trinajstić information content (AvgIpc) is 2.23. The van der Waals surface area contributed by atoms with Crippen molar-refractivity contribution < 1.29 is 9.47 Å². The van der Waals surface area contributed by atoms with E-state index in [1.807, 2.05) is 6.92 Å². The third-order valence-corrected chi connectivity index (χ3v) is 3.50. The lowest BCUT2D eigenvalue weighted by atomic mass is 9.91. The van der Waals surface area contributed by atoms with Crippen LogP contribution in [0, 0.1) is 13.8 Å². The van der Waals surface area contributed by atoms with E-state index in [0.29, 0.717) is 0 Å². The highest BCUT2D eigenvalue weighted by Gasteiger charge is 2.42. The van der Waals surface area contributed by atoms with Gasteiger partial charge in [-0.2, -0.15) is 0 Å². The molecule has 88 valence electrons. The highest BCUT2D eigenvalue weighted by molar-refractivity contribution is 6.21. The summed E-state index contributed by atoms with van der Waals surface area (Å²) in [6.07, 6.45) is 0.961.